The molecule has 6 nitrogen and oxygen atoms in total. The molecule has 0 aliphatic rings. The lowest BCUT2D eigenvalue weighted by Gasteiger charge is -2.05. The summed E-state index contributed by atoms with van der Waals surface area (Å²) in [5, 5.41) is 13.3. The lowest BCUT2D eigenvalue weighted by atomic mass is 10.0. The van der Waals surface area contributed by atoms with E-state index in [1.54, 1.807) is 13.3 Å². The maximum absolute atomic E-state index is 9.16. The summed E-state index contributed by atoms with van der Waals surface area (Å²) in [6.07, 6.45) is 3.45. The van der Waals surface area contributed by atoms with E-state index in [4.69, 9.17) is 14.4 Å². The van der Waals surface area contributed by atoms with Crippen LogP contribution in [0, 0.1) is 11.3 Å². The van der Waals surface area contributed by atoms with Crippen molar-refractivity contribution < 1.29 is 9.15 Å². The number of rotatable bonds is 7. The molecule has 0 saturated heterocycles. The standard InChI is InChI=1S/C17H20N4O2/c1-4-13(5-2)16-20-15(10-18)17(23-16)21-19-11-12-7-6-8-14(9-12)22-3/h6-9,11,13,21H,4-5H2,1-3H3. The lowest BCUT2D eigenvalue weighted by molar-refractivity contribution is 0.415. The second-order valence-corrected chi connectivity index (χ2v) is 5.00. The number of hydrogen-bond acceptors (Lipinski definition) is 6. The molecule has 1 aromatic heterocycles. The molecule has 6 heteroatoms. The molecular formula is C17H20N4O2. The van der Waals surface area contributed by atoms with Crippen LogP contribution in [-0.4, -0.2) is 18.3 Å². The maximum Gasteiger partial charge on any atom is 0.252 e. The Labute approximate surface area is 135 Å². The molecule has 23 heavy (non-hydrogen) atoms. The molecule has 1 heterocycles. The highest BCUT2D eigenvalue weighted by Crippen LogP contribution is 2.27. The molecule has 0 atom stereocenters. The van der Waals surface area contributed by atoms with Crippen LogP contribution in [0.25, 0.3) is 0 Å². The van der Waals surface area contributed by atoms with Gasteiger partial charge in [-0.2, -0.15) is 10.4 Å². The van der Waals surface area contributed by atoms with Gasteiger partial charge in [-0.15, -0.1) is 0 Å². The summed E-state index contributed by atoms with van der Waals surface area (Å²) >= 11 is 0. The Bertz CT molecular complexity index is 712. The number of ether oxygens (including phenoxy) is 1. The van der Waals surface area contributed by atoms with Crippen LogP contribution in [0.1, 0.15) is 49.8 Å². The summed E-state index contributed by atoms with van der Waals surface area (Å²) in [6.45, 7) is 4.14. The summed E-state index contributed by atoms with van der Waals surface area (Å²) in [5.74, 6) is 1.81. The number of hydrogen-bond donors (Lipinski definition) is 1. The number of nitrogens with one attached hydrogen (secondary N) is 1. The fourth-order valence-electron chi connectivity index (χ4n) is 2.19. The smallest absolute Gasteiger partial charge is 0.252 e. The van der Waals surface area contributed by atoms with Crippen LogP contribution >= 0.6 is 0 Å². The van der Waals surface area contributed by atoms with Crippen LogP contribution in [0.3, 0.4) is 0 Å². The zero-order valence-electron chi connectivity index (χ0n) is 13.5. The van der Waals surface area contributed by atoms with Gasteiger partial charge in [0.25, 0.3) is 5.88 Å². The molecule has 0 saturated carbocycles. The number of aromatic nitrogens is 1. The fraction of sp³-hybridized carbons (Fsp3) is 0.353. The summed E-state index contributed by atoms with van der Waals surface area (Å²) < 4.78 is 10.8. The largest absolute Gasteiger partial charge is 0.497 e. The van der Waals surface area contributed by atoms with Crippen molar-refractivity contribution in [1.29, 1.82) is 5.26 Å². The minimum Gasteiger partial charge on any atom is -0.497 e. The molecule has 1 N–H and O–H groups in total. The molecular weight excluding hydrogens is 292 g/mol. The van der Waals surface area contributed by atoms with Gasteiger partial charge in [0, 0.05) is 5.92 Å². The van der Waals surface area contributed by atoms with E-state index >= 15 is 0 Å². The fourth-order valence-corrected chi connectivity index (χ4v) is 2.19. The van der Waals surface area contributed by atoms with Crippen LogP contribution in [0.2, 0.25) is 0 Å². The Kier molecular flexibility index (Phi) is 5.75. The van der Waals surface area contributed by atoms with Crippen molar-refractivity contribution in [2.75, 3.05) is 12.5 Å². The molecule has 0 unspecified atom stereocenters. The van der Waals surface area contributed by atoms with Gasteiger partial charge in [-0.3, -0.25) is 0 Å². The molecule has 120 valence electrons. The molecule has 0 fully saturated rings. The highest BCUT2D eigenvalue weighted by atomic mass is 16.5. The maximum atomic E-state index is 9.16. The minimum absolute atomic E-state index is 0.208. The van der Waals surface area contributed by atoms with E-state index < -0.39 is 0 Å². The average molecular weight is 312 g/mol. The van der Waals surface area contributed by atoms with Crippen molar-refractivity contribution in [3.05, 3.63) is 41.4 Å². The monoisotopic (exact) mass is 312 g/mol. The Morgan fingerprint density at radius 2 is 2.22 bits per heavy atom. The summed E-state index contributed by atoms with van der Waals surface area (Å²) in [5.41, 5.74) is 3.84. The third-order valence-corrected chi connectivity index (χ3v) is 3.56. The number of nitrogens with zero attached hydrogens (tertiary/aromatic N) is 3. The van der Waals surface area contributed by atoms with Gasteiger partial charge in [-0.25, -0.2) is 10.4 Å². The summed E-state index contributed by atoms with van der Waals surface area (Å²) in [6, 6.07) is 9.51. The second kappa shape index (κ2) is 7.99. The van der Waals surface area contributed by atoms with Crippen LogP contribution in [0.4, 0.5) is 5.88 Å². The third-order valence-electron chi connectivity index (χ3n) is 3.56. The van der Waals surface area contributed by atoms with Crippen LogP contribution in [0.5, 0.6) is 5.75 Å². The first-order chi connectivity index (χ1) is 11.2. The van der Waals surface area contributed by atoms with Gasteiger partial charge in [-0.1, -0.05) is 26.0 Å². The molecule has 0 radical (unpaired) electrons. The minimum atomic E-state index is 0.208. The van der Waals surface area contributed by atoms with Crippen molar-refractivity contribution in [3.63, 3.8) is 0 Å². The first-order valence-corrected chi connectivity index (χ1v) is 7.55. The second-order valence-electron chi connectivity index (χ2n) is 5.00. The normalized spacial score (nSPS) is 10.9. The van der Waals surface area contributed by atoms with E-state index in [1.807, 2.05) is 30.3 Å². The molecule has 0 aliphatic heterocycles. The first kappa shape index (κ1) is 16.6. The summed E-state index contributed by atoms with van der Waals surface area (Å²) in [7, 11) is 1.61. The molecule has 0 spiro atoms. The van der Waals surface area contributed by atoms with Gasteiger partial charge in [-0.05, 0) is 30.5 Å². The van der Waals surface area contributed by atoms with E-state index in [0.717, 1.165) is 24.2 Å². The zero-order valence-corrected chi connectivity index (χ0v) is 13.5. The van der Waals surface area contributed by atoms with Gasteiger partial charge in [0.1, 0.15) is 11.8 Å². The number of hydrazone groups is 1. The SMILES string of the molecule is CCC(CC)c1nc(C#N)c(NN=Cc2cccc(OC)c2)o1. The van der Waals surface area contributed by atoms with E-state index in [0.29, 0.717) is 5.89 Å². The highest BCUT2D eigenvalue weighted by Gasteiger charge is 2.18. The number of anilines is 1. The van der Waals surface area contributed by atoms with Crippen LogP contribution < -0.4 is 10.2 Å². The van der Waals surface area contributed by atoms with Gasteiger partial charge in [0.15, 0.2) is 0 Å². The van der Waals surface area contributed by atoms with Crippen LogP contribution in [-0.2, 0) is 0 Å². The van der Waals surface area contributed by atoms with Gasteiger partial charge in [0.2, 0.25) is 11.6 Å². The molecule has 0 bridgehead atoms. The molecule has 1 aromatic carbocycles. The third kappa shape index (κ3) is 4.10. The average Bonchev–Trinajstić information content (AvgIpc) is 2.99. The highest BCUT2D eigenvalue weighted by molar-refractivity contribution is 5.80. The van der Waals surface area contributed by atoms with Gasteiger partial charge in [0.05, 0.1) is 13.3 Å². The predicted molar refractivity (Wildman–Crippen MR) is 88.8 cm³/mol. The number of methoxy groups -OCH3 is 1. The van der Waals surface area contributed by atoms with Crippen molar-refractivity contribution in [1.82, 2.24) is 4.98 Å². The molecule has 2 rings (SSSR count). The number of nitriles is 1. The Hall–Kier alpha value is -2.81. The first-order valence-electron chi connectivity index (χ1n) is 7.55. The van der Waals surface area contributed by atoms with E-state index in [2.05, 4.69) is 29.4 Å². The number of benzene rings is 1. The van der Waals surface area contributed by atoms with Gasteiger partial charge < -0.3 is 9.15 Å². The Morgan fingerprint density at radius 3 is 2.87 bits per heavy atom. The number of oxazole rings is 1. The molecule has 2 aromatic rings. The van der Waals surface area contributed by atoms with Crippen molar-refractivity contribution in [2.45, 2.75) is 32.6 Å². The van der Waals surface area contributed by atoms with E-state index in [1.165, 1.54) is 0 Å². The Morgan fingerprint density at radius 1 is 1.43 bits per heavy atom. The molecule has 0 amide bonds. The quantitative estimate of drug-likeness (QED) is 0.619. The van der Waals surface area contributed by atoms with Crippen molar-refractivity contribution >= 4 is 12.1 Å². The zero-order chi connectivity index (χ0) is 16.7. The van der Waals surface area contributed by atoms with Crippen molar-refractivity contribution in [2.24, 2.45) is 5.10 Å². The van der Waals surface area contributed by atoms with E-state index in [9.17, 15) is 0 Å². The predicted octanol–water partition coefficient (Wildman–Crippen LogP) is 3.90. The lowest BCUT2D eigenvalue weighted by Crippen LogP contribution is -1.95. The van der Waals surface area contributed by atoms with Crippen molar-refractivity contribution in [3.8, 4) is 11.8 Å². The topological polar surface area (TPSA) is 83.4 Å². The Balaban J connectivity index is 2.13. The summed E-state index contributed by atoms with van der Waals surface area (Å²) in [4.78, 5) is 4.24. The van der Waals surface area contributed by atoms with E-state index in [-0.39, 0.29) is 17.5 Å². The van der Waals surface area contributed by atoms with Crippen LogP contribution in [0.15, 0.2) is 33.8 Å². The van der Waals surface area contributed by atoms with Gasteiger partial charge >= 0.3 is 0 Å². The molecule has 0 aliphatic carbocycles.